The number of rotatable bonds is 6. The van der Waals surface area contributed by atoms with Crippen LogP contribution in [-0.2, 0) is 0 Å². The molecule has 3 unspecified atom stereocenters. The summed E-state index contributed by atoms with van der Waals surface area (Å²) < 4.78 is 0. The normalized spacial score (nSPS) is 23.4. The zero-order valence-electron chi connectivity index (χ0n) is 13.3. The second-order valence-electron chi connectivity index (χ2n) is 6.16. The summed E-state index contributed by atoms with van der Waals surface area (Å²) in [5, 5.41) is 3.72. The minimum absolute atomic E-state index is 0.455. The number of piperidine rings is 1. The van der Waals surface area contributed by atoms with Crippen molar-refractivity contribution in [1.82, 2.24) is 10.2 Å². The molecule has 1 aromatic rings. The van der Waals surface area contributed by atoms with Crippen molar-refractivity contribution in [2.45, 2.75) is 52.1 Å². The summed E-state index contributed by atoms with van der Waals surface area (Å²) in [4.78, 5) is 2.72. The van der Waals surface area contributed by atoms with Crippen molar-refractivity contribution in [3.05, 3.63) is 35.9 Å². The molecule has 0 radical (unpaired) electrons. The molecule has 1 aliphatic heterocycles. The van der Waals surface area contributed by atoms with E-state index in [9.17, 15) is 0 Å². The van der Waals surface area contributed by atoms with Crippen LogP contribution in [0.3, 0.4) is 0 Å². The summed E-state index contributed by atoms with van der Waals surface area (Å²) in [5.74, 6) is 0.843. The van der Waals surface area contributed by atoms with Gasteiger partial charge in [-0.25, -0.2) is 0 Å². The van der Waals surface area contributed by atoms with Crippen LogP contribution < -0.4 is 5.32 Å². The Kier molecular flexibility index (Phi) is 6.06. The molecule has 3 atom stereocenters. The van der Waals surface area contributed by atoms with Gasteiger partial charge in [0, 0.05) is 18.6 Å². The zero-order chi connectivity index (χ0) is 14.4. The highest BCUT2D eigenvalue weighted by Gasteiger charge is 2.29. The molecule has 1 heterocycles. The molecule has 1 aliphatic rings. The minimum atomic E-state index is 0.455. The van der Waals surface area contributed by atoms with Gasteiger partial charge in [0.25, 0.3) is 0 Å². The lowest BCUT2D eigenvalue weighted by Crippen LogP contribution is -2.48. The van der Waals surface area contributed by atoms with Gasteiger partial charge in [-0.2, -0.15) is 0 Å². The molecular formula is C18H30N2. The van der Waals surface area contributed by atoms with Crippen LogP contribution in [0.5, 0.6) is 0 Å². The molecule has 0 saturated carbocycles. The maximum Gasteiger partial charge on any atom is 0.0477 e. The van der Waals surface area contributed by atoms with Crippen LogP contribution in [-0.4, -0.2) is 30.6 Å². The van der Waals surface area contributed by atoms with E-state index >= 15 is 0 Å². The van der Waals surface area contributed by atoms with E-state index in [4.69, 9.17) is 0 Å². The van der Waals surface area contributed by atoms with Crippen LogP contribution in [0, 0.1) is 5.92 Å². The standard InChI is InChI=1S/C18H30N2/c1-4-17(20-13-9-10-15(3)14-20)18(19-5-2)16-11-7-6-8-12-16/h6-8,11-12,15,17-19H,4-5,9-10,13-14H2,1-3H3. The molecule has 2 heteroatoms. The van der Waals surface area contributed by atoms with E-state index in [1.54, 1.807) is 0 Å². The third-order valence-electron chi connectivity index (χ3n) is 4.54. The molecule has 0 aromatic heterocycles. The van der Waals surface area contributed by atoms with Crippen LogP contribution in [0.15, 0.2) is 30.3 Å². The third kappa shape index (κ3) is 3.83. The zero-order valence-corrected chi connectivity index (χ0v) is 13.3. The molecule has 1 aromatic carbocycles. The SMILES string of the molecule is CCNC(c1ccccc1)C(CC)N1CCCC(C)C1. The number of hydrogen-bond acceptors (Lipinski definition) is 2. The fraction of sp³-hybridized carbons (Fsp3) is 0.667. The maximum absolute atomic E-state index is 3.72. The van der Waals surface area contributed by atoms with Crippen molar-refractivity contribution < 1.29 is 0 Å². The van der Waals surface area contributed by atoms with Crippen LogP contribution in [0.1, 0.15) is 51.6 Å². The molecule has 20 heavy (non-hydrogen) atoms. The molecule has 0 bridgehead atoms. The first-order valence-corrected chi connectivity index (χ1v) is 8.28. The summed E-state index contributed by atoms with van der Waals surface area (Å²) in [6.45, 7) is 10.5. The lowest BCUT2D eigenvalue weighted by molar-refractivity contribution is 0.100. The average molecular weight is 274 g/mol. The Hall–Kier alpha value is -0.860. The Morgan fingerprint density at radius 3 is 2.60 bits per heavy atom. The largest absolute Gasteiger partial charge is 0.309 e. The Morgan fingerprint density at radius 2 is 2.00 bits per heavy atom. The topological polar surface area (TPSA) is 15.3 Å². The first kappa shape index (κ1) is 15.5. The van der Waals surface area contributed by atoms with Crippen LogP contribution >= 0.6 is 0 Å². The highest BCUT2D eigenvalue weighted by atomic mass is 15.2. The van der Waals surface area contributed by atoms with E-state index in [0.717, 1.165) is 12.5 Å². The van der Waals surface area contributed by atoms with Gasteiger partial charge >= 0.3 is 0 Å². The highest BCUT2D eigenvalue weighted by molar-refractivity contribution is 5.20. The second-order valence-corrected chi connectivity index (χ2v) is 6.16. The molecule has 0 amide bonds. The molecule has 112 valence electrons. The maximum atomic E-state index is 3.72. The molecule has 0 spiro atoms. The van der Waals surface area contributed by atoms with E-state index in [2.05, 4.69) is 61.3 Å². The lowest BCUT2D eigenvalue weighted by atomic mass is 9.92. The molecule has 2 nitrogen and oxygen atoms in total. The van der Waals surface area contributed by atoms with Crippen LogP contribution in [0.25, 0.3) is 0 Å². The van der Waals surface area contributed by atoms with E-state index in [-0.39, 0.29) is 0 Å². The van der Waals surface area contributed by atoms with Crippen LogP contribution in [0.4, 0.5) is 0 Å². The Morgan fingerprint density at radius 1 is 1.25 bits per heavy atom. The summed E-state index contributed by atoms with van der Waals surface area (Å²) >= 11 is 0. The molecule has 2 rings (SSSR count). The van der Waals surface area contributed by atoms with Crippen molar-refractivity contribution in [3.63, 3.8) is 0 Å². The van der Waals surface area contributed by atoms with Gasteiger partial charge in [-0.05, 0) is 43.8 Å². The van der Waals surface area contributed by atoms with Gasteiger partial charge in [-0.3, -0.25) is 4.90 Å². The Labute approximate surface area is 124 Å². The van der Waals surface area contributed by atoms with E-state index in [1.807, 2.05) is 0 Å². The first-order valence-electron chi connectivity index (χ1n) is 8.28. The predicted octanol–water partition coefficient (Wildman–Crippen LogP) is 3.85. The number of hydrogen-bond donors (Lipinski definition) is 1. The summed E-state index contributed by atoms with van der Waals surface area (Å²) in [6, 6.07) is 12.0. The summed E-state index contributed by atoms with van der Waals surface area (Å²) in [7, 11) is 0. The lowest BCUT2D eigenvalue weighted by Gasteiger charge is -2.41. The number of benzene rings is 1. The Bertz CT molecular complexity index is 376. The fourth-order valence-corrected chi connectivity index (χ4v) is 3.59. The van der Waals surface area contributed by atoms with Gasteiger partial charge in [-0.1, -0.05) is 51.1 Å². The fourth-order valence-electron chi connectivity index (χ4n) is 3.59. The molecular weight excluding hydrogens is 244 g/mol. The minimum Gasteiger partial charge on any atom is -0.309 e. The summed E-state index contributed by atoms with van der Waals surface area (Å²) in [5.41, 5.74) is 1.43. The smallest absolute Gasteiger partial charge is 0.0477 e. The number of likely N-dealkylation sites (N-methyl/N-ethyl adjacent to an activating group) is 1. The Balaban J connectivity index is 2.16. The van der Waals surface area contributed by atoms with Crippen molar-refractivity contribution in [1.29, 1.82) is 0 Å². The van der Waals surface area contributed by atoms with E-state index < -0.39 is 0 Å². The third-order valence-corrected chi connectivity index (χ3v) is 4.54. The highest BCUT2D eigenvalue weighted by Crippen LogP contribution is 2.27. The van der Waals surface area contributed by atoms with Gasteiger partial charge in [0.1, 0.15) is 0 Å². The van der Waals surface area contributed by atoms with Crippen molar-refractivity contribution in [2.75, 3.05) is 19.6 Å². The van der Waals surface area contributed by atoms with Gasteiger partial charge in [-0.15, -0.1) is 0 Å². The molecule has 1 N–H and O–H groups in total. The predicted molar refractivity (Wildman–Crippen MR) is 86.9 cm³/mol. The van der Waals surface area contributed by atoms with Gasteiger partial charge < -0.3 is 5.32 Å². The van der Waals surface area contributed by atoms with Gasteiger partial charge in [0.05, 0.1) is 0 Å². The first-order chi connectivity index (χ1) is 9.76. The molecule has 1 fully saturated rings. The van der Waals surface area contributed by atoms with E-state index in [0.29, 0.717) is 12.1 Å². The molecule has 0 aliphatic carbocycles. The monoisotopic (exact) mass is 274 g/mol. The van der Waals surface area contributed by atoms with Gasteiger partial charge in [0.15, 0.2) is 0 Å². The average Bonchev–Trinajstić information content (AvgIpc) is 2.48. The number of likely N-dealkylation sites (tertiary alicyclic amines) is 1. The summed E-state index contributed by atoms with van der Waals surface area (Å²) in [6.07, 6.45) is 3.95. The molecule has 1 saturated heterocycles. The van der Waals surface area contributed by atoms with Crippen molar-refractivity contribution >= 4 is 0 Å². The van der Waals surface area contributed by atoms with Gasteiger partial charge in [0.2, 0.25) is 0 Å². The number of nitrogens with zero attached hydrogens (tertiary/aromatic N) is 1. The van der Waals surface area contributed by atoms with Crippen molar-refractivity contribution in [3.8, 4) is 0 Å². The second kappa shape index (κ2) is 7.80. The number of nitrogens with one attached hydrogen (secondary N) is 1. The quantitative estimate of drug-likeness (QED) is 0.847. The van der Waals surface area contributed by atoms with Crippen LogP contribution in [0.2, 0.25) is 0 Å². The van der Waals surface area contributed by atoms with E-state index in [1.165, 1.54) is 37.9 Å². The van der Waals surface area contributed by atoms with Crippen molar-refractivity contribution in [2.24, 2.45) is 5.92 Å².